The number of anilines is 5. The Morgan fingerprint density at radius 3 is 2.13 bits per heavy atom. The average Bonchev–Trinajstić information content (AvgIpc) is 3.61. The summed E-state index contributed by atoms with van der Waals surface area (Å²) < 4.78 is 5.52. The van der Waals surface area contributed by atoms with Crippen molar-refractivity contribution in [3.8, 4) is 0 Å². The normalized spacial score (nSPS) is 16.1. The van der Waals surface area contributed by atoms with Gasteiger partial charge >= 0.3 is 0 Å². The van der Waals surface area contributed by atoms with Gasteiger partial charge in [-0.25, -0.2) is 9.97 Å². The number of hydrogen-bond acceptors (Lipinski definition) is 15. The minimum absolute atomic E-state index is 0.231. The smallest absolute Gasteiger partial charge is 0.248 e. The molecule has 0 saturated heterocycles. The van der Waals surface area contributed by atoms with E-state index in [4.69, 9.17) is 21.4 Å². The Kier molecular flexibility index (Phi) is 10.9. The number of nitrogens with one attached hydrogen (secondary N) is 4. The van der Waals surface area contributed by atoms with Gasteiger partial charge in [0.1, 0.15) is 17.7 Å². The molecule has 0 bridgehead atoms. The van der Waals surface area contributed by atoms with Crippen LogP contribution < -0.4 is 27.4 Å². The molecule has 0 radical (unpaired) electrons. The molecular formula is C38H48N14O. The summed E-state index contributed by atoms with van der Waals surface area (Å²) in [5.74, 6) is 4.11. The Morgan fingerprint density at radius 1 is 0.868 bits per heavy atom. The van der Waals surface area contributed by atoms with Gasteiger partial charge in [-0.1, -0.05) is 31.0 Å². The predicted octanol–water partition coefficient (Wildman–Crippen LogP) is 6.95. The SMILES string of the molecule is CNc1ccc(CNc2nc(N)c3c(C)cc(C)nc3n2)cc1C=N.Cc1cc(C)c2c(N)nc(NC(C)c3nc(C4CCCC(C)C4)no3)nc2n1. The monoisotopic (exact) mass is 716 g/mol. The lowest BCUT2D eigenvalue weighted by Crippen LogP contribution is -2.14. The Labute approximate surface area is 308 Å². The summed E-state index contributed by atoms with van der Waals surface area (Å²) in [6.07, 6.45) is 6.08. The molecule has 3 unspecified atom stereocenters. The number of aromatic nitrogens is 8. The van der Waals surface area contributed by atoms with Gasteiger partial charge in [-0.3, -0.25) is 0 Å². The van der Waals surface area contributed by atoms with Crippen LogP contribution in [0, 0.1) is 39.0 Å². The first-order valence-electron chi connectivity index (χ1n) is 17.9. The Balaban J connectivity index is 0.000000183. The molecule has 1 aromatic carbocycles. The fourth-order valence-electron chi connectivity index (χ4n) is 6.93. The number of rotatable bonds is 9. The van der Waals surface area contributed by atoms with Crippen molar-refractivity contribution in [2.24, 2.45) is 5.92 Å². The molecule has 6 aromatic rings. The van der Waals surface area contributed by atoms with E-state index in [2.05, 4.69) is 62.9 Å². The van der Waals surface area contributed by atoms with Crippen LogP contribution in [0.5, 0.6) is 0 Å². The first kappa shape index (κ1) is 36.8. The molecule has 5 heterocycles. The third kappa shape index (κ3) is 8.40. The van der Waals surface area contributed by atoms with Crippen molar-refractivity contribution >= 4 is 57.5 Å². The number of hydrogen-bond donors (Lipinski definition) is 6. The minimum Gasteiger partial charge on any atom is -0.388 e. The van der Waals surface area contributed by atoms with Crippen molar-refractivity contribution in [3.63, 3.8) is 0 Å². The summed E-state index contributed by atoms with van der Waals surface area (Å²) in [7, 11) is 1.84. The van der Waals surface area contributed by atoms with E-state index in [0.29, 0.717) is 59.1 Å². The van der Waals surface area contributed by atoms with E-state index in [1.54, 1.807) is 0 Å². The van der Waals surface area contributed by atoms with Crippen LogP contribution in [0.3, 0.4) is 0 Å². The Morgan fingerprint density at radius 2 is 1.51 bits per heavy atom. The van der Waals surface area contributed by atoms with E-state index < -0.39 is 0 Å². The maximum absolute atomic E-state index is 7.50. The third-order valence-corrected chi connectivity index (χ3v) is 9.51. The van der Waals surface area contributed by atoms with Gasteiger partial charge in [0.25, 0.3) is 0 Å². The number of aryl methyl sites for hydroxylation is 4. The van der Waals surface area contributed by atoms with Gasteiger partial charge in [-0.15, -0.1) is 0 Å². The number of nitrogens with zero attached hydrogens (tertiary/aromatic N) is 8. The van der Waals surface area contributed by atoms with Crippen LogP contribution >= 0.6 is 0 Å². The van der Waals surface area contributed by atoms with E-state index >= 15 is 0 Å². The molecular weight excluding hydrogens is 669 g/mol. The summed E-state index contributed by atoms with van der Waals surface area (Å²) in [5.41, 5.74) is 20.0. The molecule has 3 atom stereocenters. The highest BCUT2D eigenvalue weighted by Gasteiger charge is 2.26. The zero-order valence-electron chi connectivity index (χ0n) is 31.4. The fraction of sp³-hybridized carbons (Fsp3) is 0.395. The lowest BCUT2D eigenvalue weighted by atomic mass is 9.82. The van der Waals surface area contributed by atoms with Gasteiger partial charge < -0.3 is 37.4 Å². The van der Waals surface area contributed by atoms with E-state index in [-0.39, 0.29) is 6.04 Å². The highest BCUT2D eigenvalue weighted by Crippen LogP contribution is 2.35. The van der Waals surface area contributed by atoms with Crippen molar-refractivity contribution in [1.82, 2.24) is 40.0 Å². The topological polar surface area (TPSA) is 228 Å². The van der Waals surface area contributed by atoms with Crippen LogP contribution in [0.25, 0.3) is 22.1 Å². The van der Waals surface area contributed by atoms with E-state index in [1.807, 2.05) is 72.0 Å². The highest BCUT2D eigenvalue weighted by molar-refractivity contribution is 5.90. The minimum atomic E-state index is -0.231. The molecule has 5 aromatic heterocycles. The largest absolute Gasteiger partial charge is 0.388 e. The van der Waals surface area contributed by atoms with Crippen LogP contribution in [-0.2, 0) is 6.54 Å². The molecule has 15 nitrogen and oxygen atoms in total. The van der Waals surface area contributed by atoms with Crippen molar-refractivity contribution in [2.45, 2.75) is 85.7 Å². The highest BCUT2D eigenvalue weighted by atomic mass is 16.5. The Bertz CT molecular complexity index is 2270. The molecule has 1 aliphatic rings. The second-order valence-corrected chi connectivity index (χ2v) is 13.9. The lowest BCUT2D eigenvalue weighted by Gasteiger charge is -2.23. The fourth-order valence-corrected chi connectivity index (χ4v) is 6.93. The molecule has 8 N–H and O–H groups in total. The molecule has 276 valence electrons. The first-order valence-corrected chi connectivity index (χ1v) is 17.9. The molecule has 1 aliphatic carbocycles. The van der Waals surface area contributed by atoms with Crippen LogP contribution in [0.4, 0.5) is 29.2 Å². The maximum atomic E-state index is 7.50. The van der Waals surface area contributed by atoms with Gasteiger partial charge in [0.2, 0.25) is 17.8 Å². The molecule has 7 rings (SSSR count). The number of pyridine rings is 2. The molecule has 0 spiro atoms. The van der Waals surface area contributed by atoms with Crippen molar-refractivity contribution in [3.05, 3.63) is 75.7 Å². The number of fused-ring (bicyclic) bond motifs is 2. The second-order valence-electron chi connectivity index (χ2n) is 13.9. The Hall–Kier alpha value is -5.99. The van der Waals surface area contributed by atoms with Gasteiger partial charge in [0, 0.05) is 48.4 Å². The summed E-state index contributed by atoms with van der Waals surface area (Å²) in [4.78, 5) is 31.3. The van der Waals surface area contributed by atoms with Gasteiger partial charge in [-0.2, -0.15) is 24.9 Å². The van der Waals surface area contributed by atoms with E-state index in [1.165, 1.54) is 19.1 Å². The quantitative estimate of drug-likeness (QED) is 0.0832. The lowest BCUT2D eigenvalue weighted by molar-refractivity contribution is 0.318. The van der Waals surface area contributed by atoms with Gasteiger partial charge in [0.15, 0.2) is 17.1 Å². The van der Waals surface area contributed by atoms with Crippen LogP contribution in [0.2, 0.25) is 0 Å². The second kappa shape index (κ2) is 15.7. The molecule has 15 heteroatoms. The number of nitrogens with two attached hydrogens (primary N) is 2. The zero-order valence-corrected chi connectivity index (χ0v) is 31.4. The average molecular weight is 717 g/mol. The third-order valence-electron chi connectivity index (χ3n) is 9.51. The van der Waals surface area contributed by atoms with Gasteiger partial charge in [0.05, 0.1) is 10.8 Å². The van der Waals surface area contributed by atoms with E-state index in [0.717, 1.165) is 68.8 Å². The van der Waals surface area contributed by atoms with Crippen LogP contribution in [0.15, 0.2) is 34.9 Å². The maximum Gasteiger partial charge on any atom is 0.248 e. The summed E-state index contributed by atoms with van der Waals surface area (Å²) in [6.45, 7) is 12.6. The molecule has 1 fully saturated rings. The number of benzene rings is 1. The molecule has 53 heavy (non-hydrogen) atoms. The molecule has 0 aliphatic heterocycles. The van der Waals surface area contributed by atoms with Crippen molar-refractivity contribution < 1.29 is 4.52 Å². The van der Waals surface area contributed by atoms with Crippen LogP contribution in [-0.4, -0.2) is 53.3 Å². The summed E-state index contributed by atoms with van der Waals surface area (Å²) >= 11 is 0. The molecule has 1 saturated carbocycles. The first-order chi connectivity index (χ1) is 25.4. The van der Waals surface area contributed by atoms with E-state index in [9.17, 15) is 0 Å². The molecule has 0 amide bonds. The zero-order chi connectivity index (χ0) is 37.8. The van der Waals surface area contributed by atoms with Gasteiger partial charge in [-0.05, 0) is 94.3 Å². The number of nitrogen functional groups attached to an aromatic ring is 2. The summed E-state index contributed by atoms with van der Waals surface area (Å²) in [6, 6.07) is 9.60. The van der Waals surface area contributed by atoms with Crippen molar-refractivity contribution in [1.29, 1.82) is 5.41 Å². The summed E-state index contributed by atoms with van der Waals surface area (Å²) in [5, 5.41) is 22.8. The predicted molar refractivity (Wildman–Crippen MR) is 210 cm³/mol. The van der Waals surface area contributed by atoms with Crippen LogP contribution in [0.1, 0.15) is 96.8 Å². The van der Waals surface area contributed by atoms with Crippen molar-refractivity contribution in [2.75, 3.05) is 34.5 Å². The standard InChI is InChI=1S/C20H27N7O.C18H21N7/c1-10-6-5-7-14(8-10)17-25-19(28-27-17)13(4)23-20-24-16(21)15-11(2)9-12(3)22-18(15)26-20;1-10-6-11(2)23-17-15(10)16(20)24-18(25-17)22-9-12-4-5-14(21-3)13(7-12)8-19/h9-10,13-14H,5-8H2,1-4H3,(H3,21,22,23,24,26);4-8,19,21H,9H2,1-3H3,(H3,20,22,23,24,25).